The lowest BCUT2D eigenvalue weighted by Gasteiger charge is -2.19. The van der Waals surface area contributed by atoms with Crippen LogP contribution in [0.2, 0.25) is 0 Å². The predicted molar refractivity (Wildman–Crippen MR) is 73.8 cm³/mol. The van der Waals surface area contributed by atoms with Crippen LogP contribution in [-0.2, 0) is 6.42 Å². The predicted octanol–water partition coefficient (Wildman–Crippen LogP) is 1.95. The van der Waals surface area contributed by atoms with Crippen molar-refractivity contribution < 1.29 is 4.79 Å². The molecule has 100 valence electrons. The fourth-order valence-corrected chi connectivity index (χ4v) is 3.30. The molecule has 1 aromatic rings. The number of hydrogen-bond acceptors (Lipinski definition) is 4. The quantitative estimate of drug-likeness (QED) is 0.857. The van der Waals surface area contributed by atoms with Crippen LogP contribution in [0, 0.1) is 5.92 Å². The van der Waals surface area contributed by atoms with Crippen LogP contribution in [0.4, 0.5) is 0 Å². The van der Waals surface area contributed by atoms with Crippen molar-refractivity contribution in [2.24, 2.45) is 11.7 Å². The maximum atomic E-state index is 12.0. The van der Waals surface area contributed by atoms with Gasteiger partial charge >= 0.3 is 0 Å². The first-order chi connectivity index (χ1) is 8.70. The minimum Gasteiger partial charge on any atom is -0.348 e. The van der Waals surface area contributed by atoms with E-state index < -0.39 is 0 Å². The highest BCUT2D eigenvalue weighted by atomic mass is 32.1. The molecule has 1 amide bonds. The van der Waals surface area contributed by atoms with E-state index in [1.54, 1.807) is 0 Å². The third kappa shape index (κ3) is 3.29. The Balaban J connectivity index is 1.89. The number of aromatic nitrogens is 1. The summed E-state index contributed by atoms with van der Waals surface area (Å²) in [4.78, 5) is 16.3. The summed E-state index contributed by atoms with van der Waals surface area (Å²) < 4.78 is 0. The Morgan fingerprint density at radius 1 is 1.61 bits per heavy atom. The molecule has 0 aliphatic heterocycles. The highest BCUT2D eigenvalue weighted by Gasteiger charge is 2.23. The highest BCUT2D eigenvalue weighted by Crippen LogP contribution is 2.27. The Labute approximate surface area is 112 Å². The molecule has 4 nitrogen and oxygen atoms in total. The number of nitrogens with two attached hydrogens (primary N) is 1. The second kappa shape index (κ2) is 6.29. The van der Waals surface area contributed by atoms with Crippen LogP contribution in [0.25, 0.3) is 0 Å². The van der Waals surface area contributed by atoms with Crippen LogP contribution >= 0.6 is 11.3 Å². The van der Waals surface area contributed by atoms with E-state index in [2.05, 4.69) is 17.2 Å². The van der Waals surface area contributed by atoms with Gasteiger partial charge in [-0.15, -0.1) is 11.3 Å². The van der Waals surface area contributed by atoms with Crippen molar-refractivity contribution in [3.63, 3.8) is 0 Å². The van der Waals surface area contributed by atoms with Crippen LogP contribution < -0.4 is 11.1 Å². The second-order valence-corrected chi connectivity index (χ2v) is 5.91. The normalized spacial score (nSPS) is 17.9. The zero-order valence-electron chi connectivity index (χ0n) is 10.8. The van der Waals surface area contributed by atoms with Gasteiger partial charge in [-0.2, -0.15) is 0 Å². The summed E-state index contributed by atoms with van der Waals surface area (Å²) in [5, 5.41) is 5.83. The van der Waals surface area contributed by atoms with Crippen LogP contribution in [0.5, 0.6) is 0 Å². The smallest absolute Gasteiger partial charge is 0.270 e. The van der Waals surface area contributed by atoms with E-state index in [-0.39, 0.29) is 11.9 Å². The van der Waals surface area contributed by atoms with E-state index in [9.17, 15) is 4.79 Å². The van der Waals surface area contributed by atoms with Crippen LogP contribution in [0.3, 0.4) is 0 Å². The van der Waals surface area contributed by atoms with Crippen molar-refractivity contribution in [1.82, 2.24) is 10.3 Å². The van der Waals surface area contributed by atoms with Gasteiger partial charge in [0.25, 0.3) is 5.91 Å². The maximum absolute atomic E-state index is 12.0. The molecule has 3 N–H and O–H groups in total. The van der Waals surface area contributed by atoms with Gasteiger partial charge in [-0.05, 0) is 32.2 Å². The van der Waals surface area contributed by atoms with Crippen molar-refractivity contribution in [3.05, 3.63) is 16.1 Å². The van der Waals surface area contributed by atoms with Gasteiger partial charge in [0.15, 0.2) is 0 Å². The first kappa shape index (κ1) is 13.5. The number of hydrogen-bond donors (Lipinski definition) is 2. The van der Waals surface area contributed by atoms with Gasteiger partial charge in [-0.25, -0.2) is 4.98 Å². The van der Waals surface area contributed by atoms with Crippen molar-refractivity contribution >= 4 is 17.2 Å². The van der Waals surface area contributed by atoms with Gasteiger partial charge in [-0.3, -0.25) is 4.79 Å². The summed E-state index contributed by atoms with van der Waals surface area (Å²) >= 11 is 1.51. The van der Waals surface area contributed by atoms with Crippen LogP contribution in [0.15, 0.2) is 5.38 Å². The van der Waals surface area contributed by atoms with Gasteiger partial charge in [0.05, 0.1) is 5.01 Å². The molecule has 1 heterocycles. The molecule has 1 atom stereocenters. The Kier molecular flexibility index (Phi) is 4.72. The molecule has 5 heteroatoms. The molecule has 0 spiro atoms. The molecule has 1 aliphatic rings. The average Bonchev–Trinajstić information content (AvgIpc) is 3.00. The molecule has 0 unspecified atom stereocenters. The highest BCUT2D eigenvalue weighted by molar-refractivity contribution is 7.09. The first-order valence-corrected chi connectivity index (χ1v) is 7.54. The van der Waals surface area contributed by atoms with E-state index in [0.29, 0.717) is 18.2 Å². The summed E-state index contributed by atoms with van der Waals surface area (Å²) in [6.07, 6.45) is 5.80. The lowest BCUT2D eigenvalue weighted by molar-refractivity contribution is 0.0922. The topological polar surface area (TPSA) is 68.0 Å². The molecule has 0 saturated heterocycles. The molecule has 1 fully saturated rings. The first-order valence-electron chi connectivity index (χ1n) is 6.66. The Morgan fingerprint density at radius 3 is 3.00 bits per heavy atom. The minimum atomic E-state index is -0.0473. The average molecular weight is 267 g/mol. The molecule has 0 radical (unpaired) electrons. The maximum Gasteiger partial charge on any atom is 0.270 e. The molecule has 0 aromatic carbocycles. The van der Waals surface area contributed by atoms with Crippen LogP contribution in [-0.4, -0.2) is 23.5 Å². The summed E-state index contributed by atoms with van der Waals surface area (Å²) in [5.74, 6) is 0.588. The fraction of sp³-hybridized carbons (Fsp3) is 0.692. The number of rotatable bonds is 5. The number of carbonyl (C=O) groups is 1. The Hall–Kier alpha value is -0.940. The van der Waals surface area contributed by atoms with E-state index >= 15 is 0 Å². The van der Waals surface area contributed by atoms with E-state index in [1.807, 2.05) is 5.38 Å². The SMILES string of the molecule is C[C@H](NC(=O)c1csc(CCN)n1)C1CCCC1. The lowest BCUT2D eigenvalue weighted by atomic mass is 10.00. The number of nitrogens with zero attached hydrogens (tertiary/aromatic N) is 1. The molecule has 1 aromatic heterocycles. The number of carbonyl (C=O) groups excluding carboxylic acids is 1. The summed E-state index contributed by atoms with van der Waals surface area (Å²) in [7, 11) is 0. The second-order valence-electron chi connectivity index (χ2n) is 4.97. The van der Waals surface area contributed by atoms with Gasteiger partial charge in [0.2, 0.25) is 0 Å². The molecule has 1 saturated carbocycles. The van der Waals surface area contributed by atoms with E-state index in [0.717, 1.165) is 11.4 Å². The molecule has 0 bridgehead atoms. The third-order valence-electron chi connectivity index (χ3n) is 3.61. The van der Waals surface area contributed by atoms with Crippen molar-refractivity contribution in [3.8, 4) is 0 Å². The lowest BCUT2D eigenvalue weighted by Crippen LogP contribution is -2.37. The Morgan fingerprint density at radius 2 is 2.33 bits per heavy atom. The standard InChI is InChI=1S/C13H21N3OS/c1-9(10-4-2-3-5-10)15-13(17)11-8-18-12(16-11)6-7-14/h8-10H,2-7,14H2,1H3,(H,15,17)/t9-/m0/s1. The van der Waals surface area contributed by atoms with Crippen molar-refractivity contribution in [2.75, 3.05) is 6.54 Å². The van der Waals surface area contributed by atoms with Gasteiger partial charge < -0.3 is 11.1 Å². The number of thiazole rings is 1. The summed E-state index contributed by atoms with van der Waals surface area (Å²) in [6, 6.07) is 0.250. The molecule has 1 aliphatic carbocycles. The molecule has 18 heavy (non-hydrogen) atoms. The monoisotopic (exact) mass is 267 g/mol. The summed E-state index contributed by atoms with van der Waals surface area (Å²) in [5.41, 5.74) is 6.01. The molecule has 2 rings (SSSR count). The molecular formula is C13H21N3OS. The molecular weight excluding hydrogens is 246 g/mol. The van der Waals surface area contributed by atoms with Gasteiger partial charge in [0.1, 0.15) is 5.69 Å². The number of amides is 1. The third-order valence-corrected chi connectivity index (χ3v) is 4.52. The van der Waals surface area contributed by atoms with Gasteiger partial charge in [0, 0.05) is 17.8 Å². The zero-order chi connectivity index (χ0) is 13.0. The fourth-order valence-electron chi connectivity index (χ4n) is 2.51. The van der Waals surface area contributed by atoms with E-state index in [1.165, 1.54) is 37.0 Å². The summed E-state index contributed by atoms with van der Waals surface area (Å²) in [6.45, 7) is 2.67. The largest absolute Gasteiger partial charge is 0.348 e. The van der Waals surface area contributed by atoms with E-state index in [4.69, 9.17) is 5.73 Å². The minimum absolute atomic E-state index is 0.0473. The van der Waals surface area contributed by atoms with Crippen molar-refractivity contribution in [1.29, 1.82) is 0 Å². The zero-order valence-corrected chi connectivity index (χ0v) is 11.6. The number of nitrogens with one attached hydrogen (secondary N) is 1. The van der Waals surface area contributed by atoms with Gasteiger partial charge in [-0.1, -0.05) is 12.8 Å². The van der Waals surface area contributed by atoms with Crippen molar-refractivity contribution in [2.45, 2.75) is 45.1 Å². The Bertz CT molecular complexity index is 399. The van der Waals surface area contributed by atoms with Crippen LogP contribution in [0.1, 0.15) is 48.1 Å².